The number of hydrogen-bond donors (Lipinski definition) is 2. The van der Waals surface area contributed by atoms with Gasteiger partial charge in [0.05, 0.1) is 6.42 Å². The van der Waals surface area contributed by atoms with Crippen LogP contribution in [0.1, 0.15) is 20.3 Å². The third-order valence-electron chi connectivity index (χ3n) is 3.08. The first-order valence-electron chi connectivity index (χ1n) is 6.49. The van der Waals surface area contributed by atoms with E-state index in [0.717, 1.165) is 0 Å². The highest BCUT2D eigenvalue weighted by Crippen LogP contribution is 2.20. The van der Waals surface area contributed by atoms with Gasteiger partial charge in [0.15, 0.2) is 0 Å². The molecular formula is C14H17N3O3. The van der Waals surface area contributed by atoms with E-state index in [1.807, 2.05) is 0 Å². The van der Waals surface area contributed by atoms with Crippen LogP contribution in [0.3, 0.4) is 0 Å². The molecular weight excluding hydrogens is 258 g/mol. The second kappa shape index (κ2) is 5.73. The van der Waals surface area contributed by atoms with Gasteiger partial charge in [0.25, 0.3) is 5.91 Å². The van der Waals surface area contributed by atoms with Gasteiger partial charge < -0.3 is 10.6 Å². The van der Waals surface area contributed by atoms with Gasteiger partial charge in [0, 0.05) is 24.8 Å². The Labute approximate surface area is 117 Å². The Balaban J connectivity index is 2.09. The van der Waals surface area contributed by atoms with Crippen LogP contribution < -0.4 is 10.6 Å². The number of carbonyl (C=O) groups excluding carboxylic acids is 3. The van der Waals surface area contributed by atoms with E-state index < -0.39 is 6.04 Å². The summed E-state index contributed by atoms with van der Waals surface area (Å²) in [6.07, 6.45) is 0.164. The largest absolute Gasteiger partial charge is 0.373 e. The van der Waals surface area contributed by atoms with Crippen molar-refractivity contribution < 1.29 is 14.4 Å². The van der Waals surface area contributed by atoms with Crippen LogP contribution in [0.2, 0.25) is 0 Å². The lowest BCUT2D eigenvalue weighted by Gasteiger charge is -2.14. The predicted octanol–water partition coefficient (Wildman–Crippen LogP) is 1.20. The maximum atomic E-state index is 12.0. The number of benzene rings is 1. The molecule has 1 unspecified atom stereocenters. The third kappa shape index (κ3) is 2.96. The van der Waals surface area contributed by atoms with E-state index in [1.165, 1.54) is 11.8 Å². The highest BCUT2D eigenvalue weighted by atomic mass is 16.2. The van der Waals surface area contributed by atoms with Gasteiger partial charge in [0.2, 0.25) is 11.8 Å². The second-order valence-electron chi connectivity index (χ2n) is 4.64. The molecule has 0 spiro atoms. The van der Waals surface area contributed by atoms with Crippen LogP contribution >= 0.6 is 0 Å². The van der Waals surface area contributed by atoms with Gasteiger partial charge >= 0.3 is 0 Å². The minimum Gasteiger partial charge on any atom is -0.373 e. The lowest BCUT2D eigenvalue weighted by molar-refractivity contribution is -0.138. The molecule has 0 saturated carbocycles. The van der Waals surface area contributed by atoms with Gasteiger partial charge in [-0.05, 0) is 25.1 Å². The summed E-state index contributed by atoms with van der Waals surface area (Å²) in [6.45, 7) is 3.59. The summed E-state index contributed by atoms with van der Waals surface area (Å²) >= 11 is 0. The minimum atomic E-state index is -0.532. The molecule has 1 aliphatic rings. The topological polar surface area (TPSA) is 78.5 Å². The Bertz CT molecular complexity index is 556. The van der Waals surface area contributed by atoms with E-state index in [9.17, 15) is 14.4 Å². The maximum Gasteiger partial charge on any atom is 0.252 e. The smallest absolute Gasteiger partial charge is 0.252 e. The normalized spacial score (nSPS) is 18.3. The Morgan fingerprint density at radius 3 is 2.65 bits per heavy atom. The van der Waals surface area contributed by atoms with Crippen molar-refractivity contribution in [3.05, 3.63) is 24.3 Å². The Kier molecular flexibility index (Phi) is 4.02. The first-order valence-corrected chi connectivity index (χ1v) is 6.49. The molecule has 1 saturated heterocycles. The molecule has 1 aromatic rings. The average molecular weight is 275 g/mol. The summed E-state index contributed by atoms with van der Waals surface area (Å²) in [6, 6.07) is 6.51. The molecule has 1 atom stereocenters. The SMILES string of the molecule is CCN1C(=O)CC(Nc2cccc(NC(C)=O)c2)C1=O. The summed E-state index contributed by atoms with van der Waals surface area (Å²) in [7, 11) is 0. The predicted molar refractivity (Wildman–Crippen MR) is 75.2 cm³/mol. The van der Waals surface area contributed by atoms with Gasteiger partial charge in [-0.15, -0.1) is 0 Å². The van der Waals surface area contributed by atoms with Crippen LogP contribution in [0, 0.1) is 0 Å². The van der Waals surface area contributed by atoms with Gasteiger partial charge in [-0.1, -0.05) is 6.07 Å². The number of anilines is 2. The summed E-state index contributed by atoms with van der Waals surface area (Å²) < 4.78 is 0. The van der Waals surface area contributed by atoms with E-state index in [0.29, 0.717) is 17.9 Å². The zero-order chi connectivity index (χ0) is 14.7. The van der Waals surface area contributed by atoms with E-state index in [1.54, 1.807) is 31.2 Å². The fourth-order valence-corrected chi connectivity index (χ4v) is 2.22. The quantitative estimate of drug-likeness (QED) is 0.809. The number of nitrogens with zero attached hydrogens (tertiary/aromatic N) is 1. The molecule has 2 rings (SSSR count). The van der Waals surface area contributed by atoms with E-state index >= 15 is 0 Å². The molecule has 6 nitrogen and oxygen atoms in total. The summed E-state index contributed by atoms with van der Waals surface area (Å²) in [4.78, 5) is 35.9. The molecule has 0 radical (unpaired) electrons. The fraction of sp³-hybridized carbons (Fsp3) is 0.357. The van der Waals surface area contributed by atoms with Crippen LogP contribution in [0.25, 0.3) is 0 Å². The van der Waals surface area contributed by atoms with Crippen LogP contribution in [-0.4, -0.2) is 35.2 Å². The van der Waals surface area contributed by atoms with Crippen molar-refractivity contribution in [1.29, 1.82) is 0 Å². The number of nitrogens with one attached hydrogen (secondary N) is 2. The standard InChI is InChI=1S/C14H17N3O3/c1-3-17-13(19)8-12(14(17)20)16-11-6-4-5-10(7-11)15-9(2)18/h4-7,12,16H,3,8H2,1-2H3,(H,15,18). The number of amides is 3. The maximum absolute atomic E-state index is 12.0. The zero-order valence-electron chi connectivity index (χ0n) is 11.5. The Morgan fingerprint density at radius 1 is 1.35 bits per heavy atom. The van der Waals surface area contributed by atoms with Crippen molar-refractivity contribution in [3.8, 4) is 0 Å². The molecule has 1 aromatic carbocycles. The summed E-state index contributed by atoms with van der Waals surface area (Å²) in [5.74, 6) is -0.526. The molecule has 1 aliphatic heterocycles. The van der Waals surface area contributed by atoms with Crippen molar-refractivity contribution >= 4 is 29.1 Å². The highest BCUT2D eigenvalue weighted by molar-refractivity contribution is 6.06. The monoisotopic (exact) mass is 275 g/mol. The second-order valence-corrected chi connectivity index (χ2v) is 4.64. The zero-order valence-corrected chi connectivity index (χ0v) is 11.5. The van der Waals surface area contributed by atoms with Crippen LogP contribution in [-0.2, 0) is 14.4 Å². The van der Waals surface area contributed by atoms with Crippen LogP contribution in [0.5, 0.6) is 0 Å². The average Bonchev–Trinajstić information content (AvgIpc) is 2.63. The Hall–Kier alpha value is -2.37. The molecule has 6 heteroatoms. The van der Waals surface area contributed by atoms with Gasteiger partial charge in [-0.2, -0.15) is 0 Å². The van der Waals surface area contributed by atoms with Gasteiger partial charge in [-0.3, -0.25) is 19.3 Å². The molecule has 2 N–H and O–H groups in total. The van der Waals surface area contributed by atoms with Crippen molar-refractivity contribution in [2.24, 2.45) is 0 Å². The van der Waals surface area contributed by atoms with Crippen LogP contribution in [0.4, 0.5) is 11.4 Å². The minimum absolute atomic E-state index is 0.159. The molecule has 1 heterocycles. The number of likely N-dealkylation sites (tertiary alicyclic amines) is 1. The number of imide groups is 1. The molecule has 20 heavy (non-hydrogen) atoms. The van der Waals surface area contributed by atoms with Crippen molar-refractivity contribution in [1.82, 2.24) is 4.90 Å². The lowest BCUT2D eigenvalue weighted by atomic mass is 10.2. The van der Waals surface area contributed by atoms with Crippen molar-refractivity contribution in [3.63, 3.8) is 0 Å². The first-order chi connectivity index (χ1) is 9.51. The third-order valence-corrected chi connectivity index (χ3v) is 3.08. The molecule has 1 fully saturated rings. The van der Waals surface area contributed by atoms with Crippen LogP contribution in [0.15, 0.2) is 24.3 Å². The number of carbonyl (C=O) groups is 3. The van der Waals surface area contributed by atoms with E-state index in [4.69, 9.17) is 0 Å². The Morgan fingerprint density at radius 2 is 2.05 bits per heavy atom. The van der Waals surface area contributed by atoms with E-state index in [-0.39, 0.29) is 24.1 Å². The first kappa shape index (κ1) is 14.0. The van der Waals surface area contributed by atoms with Gasteiger partial charge in [0.1, 0.15) is 6.04 Å². The van der Waals surface area contributed by atoms with Crippen molar-refractivity contribution in [2.45, 2.75) is 26.3 Å². The fourth-order valence-electron chi connectivity index (χ4n) is 2.22. The molecule has 3 amide bonds. The number of hydrogen-bond acceptors (Lipinski definition) is 4. The molecule has 0 bridgehead atoms. The van der Waals surface area contributed by atoms with Gasteiger partial charge in [-0.25, -0.2) is 0 Å². The lowest BCUT2D eigenvalue weighted by Crippen LogP contribution is -2.34. The van der Waals surface area contributed by atoms with Crippen molar-refractivity contribution in [2.75, 3.05) is 17.2 Å². The number of likely N-dealkylation sites (N-methyl/N-ethyl adjacent to an activating group) is 1. The summed E-state index contributed by atoms with van der Waals surface area (Å²) in [5, 5.41) is 5.70. The highest BCUT2D eigenvalue weighted by Gasteiger charge is 2.37. The molecule has 0 aliphatic carbocycles. The number of rotatable bonds is 4. The summed E-state index contributed by atoms with van der Waals surface area (Å²) in [5.41, 5.74) is 1.34. The molecule has 0 aromatic heterocycles. The molecule has 106 valence electrons. The van der Waals surface area contributed by atoms with E-state index in [2.05, 4.69) is 10.6 Å².